The molecule has 5 nitrogen and oxygen atoms in total. The number of nitrogens with one attached hydrogen (secondary N) is 2. The molecule has 0 saturated heterocycles. The number of para-hydroxylation sites is 1. The molecule has 4 N–H and O–H groups in total. The third kappa shape index (κ3) is 4.98. The number of nitrogens with two attached hydrogens (primary N) is 1. The van der Waals surface area contributed by atoms with Crippen LogP contribution in [0.3, 0.4) is 0 Å². The molecule has 3 amide bonds. The van der Waals surface area contributed by atoms with Gasteiger partial charge in [0.2, 0.25) is 5.91 Å². The van der Waals surface area contributed by atoms with Crippen molar-refractivity contribution < 1.29 is 9.59 Å². The number of primary amides is 1. The standard InChI is InChI=1S/C19H29N3O2/c1-12(2)15-9-8-13(3)10-17(15)22-19(24)21-16-7-5-4-6-14(16)11-18(20)23/h4-7,12-13,15,17H,8-11H2,1-3H3,(H2,20,23)(H2,21,22,24). The quantitative estimate of drug-likeness (QED) is 0.773. The van der Waals surface area contributed by atoms with Gasteiger partial charge in [0.05, 0.1) is 6.42 Å². The van der Waals surface area contributed by atoms with Crippen LogP contribution in [0.2, 0.25) is 0 Å². The fraction of sp³-hybridized carbons (Fsp3) is 0.579. The van der Waals surface area contributed by atoms with Crippen LogP contribution in [-0.2, 0) is 11.2 Å². The zero-order chi connectivity index (χ0) is 17.7. The molecule has 1 aliphatic rings. The van der Waals surface area contributed by atoms with Crippen LogP contribution in [0.15, 0.2) is 24.3 Å². The summed E-state index contributed by atoms with van der Waals surface area (Å²) in [4.78, 5) is 23.6. The van der Waals surface area contributed by atoms with Gasteiger partial charge < -0.3 is 16.4 Å². The van der Waals surface area contributed by atoms with Gasteiger partial charge in [0.1, 0.15) is 0 Å². The van der Waals surface area contributed by atoms with Crippen molar-refractivity contribution in [3.8, 4) is 0 Å². The third-order valence-electron chi connectivity index (χ3n) is 4.97. The normalized spacial score (nSPS) is 23.8. The van der Waals surface area contributed by atoms with Crippen molar-refractivity contribution in [2.24, 2.45) is 23.5 Å². The summed E-state index contributed by atoms with van der Waals surface area (Å²) in [5, 5.41) is 6.02. The summed E-state index contributed by atoms with van der Waals surface area (Å²) in [5.41, 5.74) is 6.64. The highest BCUT2D eigenvalue weighted by Gasteiger charge is 2.31. The van der Waals surface area contributed by atoms with E-state index in [4.69, 9.17) is 5.73 Å². The molecule has 3 unspecified atom stereocenters. The number of anilines is 1. The van der Waals surface area contributed by atoms with Gasteiger partial charge in [-0.2, -0.15) is 0 Å². The van der Waals surface area contributed by atoms with E-state index in [0.717, 1.165) is 18.4 Å². The molecule has 3 atom stereocenters. The Bertz CT molecular complexity index is 586. The van der Waals surface area contributed by atoms with Gasteiger partial charge in [0.25, 0.3) is 0 Å². The zero-order valence-electron chi connectivity index (χ0n) is 14.8. The van der Waals surface area contributed by atoms with Gasteiger partial charge in [-0.1, -0.05) is 45.4 Å². The second-order valence-electron chi connectivity index (χ2n) is 7.33. The van der Waals surface area contributed by atoms with Gasteiger partial charge in [-0.25, -0.2) is 4.79 Å². The smallest absolute Gasteiger partial charge is 0.319 e. The SMILES string of the molecule is CC1CCC(C(C)C)C(NC(=O)Nc2ccccc2CC(N)=O)C1. The molecule has 5 heteroatoms. The van der Waals surface area contributed by atoms with E-state index in [2.05, 4.69) is 31.4 Å². The van der Waals surface area contributed by atoms with E-state index in [1.54, 1.807) is 12.1 Å². The van der Waals surface area contributed by atoms with Crippen molar-refractivity contribution in [2.75, 3.05) is 5.32 Å². The highest BCUT2D eigenvalue weighted by atomic mass is 16.2. The van der Waals surface area contributed by atoms with Crippen LogP contribution in [0.4, 0.5) is 10.5 Å². The van der Waals surface area contributed by atoms with E-state index in [0.29, 0.717) is 23.4 Å². The lowest BCUT2D eigenvalue weighted by atomic mass is 9.74. The van der Waals surface area contributed by atoms with E-state index in [9.17, 15) is 9.59 Å². The van der Waals surface area contributed by atoms with Crippen LogP contribution in [0.5, 0.6) is 0 Å². The lowest BCUT2D eigenvalue weighted by Gasteiger charge is -2.37. The first-order valence-corrected chi connectivity index (χ1v) is 8.80. The lowest BCUT2D eigenvalue weighted by molar-refractivity contribution is -0.117. The molecule has 0 heterocycles. The van der Waals surface area contributed by atoms with Crippen LogP contribution in [0, 0.1) is 17.8 Å². The first-order chi connectivity index (χ1) is 11.4. The van der Waals surface area contributed by atoms with Crippen molar-refractivity contribution in [1.82, 2.24) is 5.32 Å². The first-order valence-electron chi connectivity index (χ1n) is 8.80. The Hall–Kier alpha value is -2.04. The van der Waals surface area contributed by atoms with E-state index in [-0.39, 0.29) is 18.5 Å². The maximum atomic E-state index is 12.5. The van der Waals surface area contributed by atoms with Gasteiger partial charge >= 0.3 is 6.03 Å². The molecular weight excluding hydrogens is 302 g/mol. The van der Waals surface area contributed by atoms with Gasteiger partial charge in [-0.15, -0.1) is 0 Å². The number of carbonyl (C=O) groups excluding carboxylic acids is 2. The highest BCUT2D eigenvalue weighted by molar-refractivity contribution is 5.91. The van der Waals surface area contributed by atoms with Crippen LogP contribution in [0.25, 0.3) is 0 Å². The molecular formula is C19H29N3O2. The number of amides is 3. The Morgan fingerprint density at radius 1 is 1.25 bits per heavy atom. The van der Waals surface area contributed by atoms with E-state index >= 15 is 0 Å². The predicted octanol–water partition coefficient (Wildman–Crippen LogP) is 3.30. The second-order valence-corrected chi connectivity index (χ2v) is 7.33. The molecule has 1 fully saturated rings. The molecule has 1 aromatic carbocycles. The fourth-order valence-corrected chi connectivity index (χ4v) is 3.68. The molecule has 1 aliphatic carbocycles. The third-order valence-corrected chi connectivity index (χ3v) is 4.97. The molecule has 1 saturated carbocycles. The van der Waals surface area contributed by atoms with Crippen LogP contribution in [0.1, 0.15) is 45.6 Å². The Balaban J connectivity index is 2.03. The minimum Gasteiger partial charge on any atom is -0.369 e. The van der Waals surface area contributed by atoms with Crippen LogP contribution >= 0.6 is 0 Å². The summed E-state index contributed by atoms with van der Waals surface area (Å²) in [6.45, 7) is 6.68. The highest BCUT2D eigenvalue weighted by Crippen LogP contribution is 2.33. The minimum atomic E-state index is -0.411. The number of hydrogen-bond donors (Lipinski definition) is 3. The maximum absolute atomic E-state index is 12.5. The second kappa shape index (κ2) is 8.18. The van der Waals surface area contributed by atoms with Crippen LogP contribution in [-0.4, -0.2) is 18.0 Å². The Morgan fingerprint density at radius 2 is 1.96 bits per heavy atom. The monoisotopic (exact) mass is 331 g/mol. The Labute approximate surface area is 144 Å². The summed E-state index contributed by atoms with van der Waals surface area (Å²) < 4.78 is 0. The molecule has 132 valence electrons. The van der Waals surface area contributed by atoms with Crippen molar-refractivity contribution in [3.05, 3.63) is 29.8 Å². The molecule has 0 aliphatic heterocycles. The molecule has 24 heavy (non-hydrogen) atoms. The lowest BCUT2D eigenvalue weighted by Crippen LogP contribution is -2.47. The summed E-state index contributed by atoms with van der Waals surface area (Å²) in [6.07, 6.45) is 3.51. The summed E-state index contributed by atoms with van der Waals surface area (Å²) in [7, 11) is 0. The topological polar surface area (TPSA) is 84.2 Å². The molecule has 0 aromatic heterocycles. The Morgan fingerprint density at radius 3 is 2.62 bits per heavy atom. The zero-order valence-corrected chi connectivity index (χ0v) is 14.8. The van der Waals surface area contributed by atoms with Gasteiger partial charge in [-0.05, 0) is 42.2 Å². The number of urea groups is 1. The number of hydrogen-bond acceptors (Lipinski definition) is 2. The van der Waals surface area contributed by atoms with Crippen molar-refractivity contribution >= 4 is 17.6 Å². The molecule has 0 spiro atoms. The average molecular weight is 331 g/mol. The summed E-state index contributed by atoms with van der Waals surface area (Å²) >= 11 is 0. The fourth-order valence-electron chi connectivity index (χ4n) is 3.68. The van der Waals surface area contributed by atoms with Crippen molar-refractivity contribution in [3.63, 3.8) is 0 Å². The van der Waals surface area contributed by atoms with E-state index < -0.39 is 5.91 Å². The summed E-state index contributed by atoms with van der Waals surface area (Å²) in [6, 6.07) is 7.24. The average Bonchev–Trinajstić information content (AvgIpc) is 2.48. The van der Waals surface area contributed by atoms with Gasteiger partial charge in [-0.3, -0.25) is 4.79 Å². The molecule has 2 rings (SSSR count). The Kier molecular flexibility index (Phi) is 6.23. The van der Waals surface area contributed by atoms with Gasteiger partial charge in [0, 0.05) is 11.7 Å². The number of carbonyl (C=O) groups is 2. The van der Waals surface area contributed by atoms with Crippen LogP contribution < -0.4 is 16.4 Å². The number of rotatable bonds is 5. The summed E-state index contributed by atoms with van der Waals surface area (Å²) in [5.74, 6) is 1.27. The maximum Gasteiger partial charge on any atom is 0.319 e. The molecule has 1 aromatic rings. The van der Waals surface area contributed by atoms with Crippen molar-refractivity contribution in [2.45, 2.75) is 52.5 Å². The van der Waals surface area contributed by atoms with E-state index in [1.807, 2.05) is 12.1 Å². The van der Waals surface area contributed by atoms with Gasteiger partial charge in [0.15, 0.2) is 0 Å². The van der Waals surface area contributed by atoms with E-state index in [1.165, 1.54) is 6.42 Å². The number of benzene rings is 1. The van der Waals surface area contributed by atoms with Crippen molar-refractivity contribution in [1.29, 1.82) is 0 Å². The first kappa shape index (κ1) is 18.3. The minimum absolute atomic E-state index is 0.117. The molecule has 0 radical (unpaired) electrons. The largest absolute Gasteiger partial charge is 0.369 e. The molecule has 0 bridgehead atoms. The predicted molar refractivity (Wildman–Crippen MR) is 96.6 cm³/mol.